The Kier molecular flexibility index (Phi) is 7.43. The van der Waals surface area contributed by atoms with Crippen LogP contribution < -0.4 is 0 Å². The Morgan fingerprint density at radius 2 is 1.62 bits per heavy atom. The number of carboxylic acids is 1. The number of allylic oxidation sites excluding steroid dienone is 2. The van der Waals surface area contributed by atoms with Crippen molar-refractivity contribution in [2.75, 3.05) is 33.2 Å². The fourth-order valence-corrected chi connectivity index (χ4v) is 12.3. The molecule has 0 bridgehead atoms. The van der Waals surface area contributed by atoms with Crippen molar-refractivity contribution in [3.8, 4) is 0 Å². The smallest absolute Gasteiger partial charge is 0.410 e. The van der Waals surface area contributed by atoms with Gasteiger partial charge in [-0.05, 0) is 110 Å². The van der Waals surface area contributed by atoms with Crippen LogP contribution in [0.1, 0.15) is 99.8 Å². The molecule has 1 aliphatic heterocycles. The second-order valence-electron chi connectivity index (χ2n) is 17.1. The van der Waals surface area contributed by atoms with Gasteiger partial charge in [-0.3, -0.25) is 4.79 Å². The quantitative estimate of drug-likeness (QED) is 0.345. The number of fused-ring (bicyclic) bond motifs is 7. The Balaban J connectivity index is 1.27. The summed E-state index contributed by atoms with van der Waals surface area (Å²) in [5.74, 6) is 1.99. The van der Waals surface area contributed by atoms with Gasteiger partial charge in [-0.25, -0.2) is 4.79 Å². The predicted molar refractivity (Wildman–Crippen MR) is 166 cm³/mol. The molecule has 6 rings (SSSR count). The zero-order chi connectivity index (χ0) is 30.4. The molecule has 0 radical (unpaired) electrons. The van der Waals surface area contributed by atoms with E-state index in [1.54, 1.807) is 5.57 Å². The maximum absolute atomic E-state index is 13.2. The number of aliphatic carboxylic acids is 1. The molecule has 6 heteroatoms. The molecule has 11 atom stereocenters. The first-order valence-corrected chi connectivity index (χ1v) is 17.2. The Labute approximate surface area is 255 Å². The van der Waals surface area contributed by atoms with Gasteiger partial charge in [0.2, 0.25) is 0 Å². The third-order valence-corrected chi connectivity index (χ3v) is 15.2. The molecule has 0 spiro atoms. The van der Waals surface area contributed by atoms with Crippen LogP contribution in [0.3, 0.4) is 0 Å². The van der Waals surface area contributed by atoms with Crippen LogP contribution in [0.25, 0.3) is 0 Å². The SMILES string of the molecule is C[C@@H]1C[C@@H](C(=O)O)C2CC[C@]3(C)C(=CCC4[C@@]5(C)CC[C@H](OC(=O)N6CCN(C)CC6)C(C)(C)C5CC[C@]43C)C2[C@H]1C. The highest BCUT2D eigenvalue weighted by molar-refractivity contribution is 5.71. The second kappa shape index (κ2) is 10.2. The molecule has 6 nitrogen and oxygen atoms in total. The number of amides is 1. The second-order valence-corrected chi connectivity index (χ2v) is 17.1. The minimum Gasteiger partial charge on any atom is -0.481 e. The molecule has 0 aromatic heterocycles. The molecule has 1 amide bonds. The Bertz CT molecular complexity index is 1130. The van der Waals surface area contributed by atoms with Gasteiger partial charge in [0.25, 0.3) is 0 Å². The highest BCUT2D eigenvalue weighted by Gasteiger charge is 2.68. The van der Waals surface area contributed by atoms with E-state index < -0.39 is 5.97 Å². The van der Waals surface area contributed by atoms with Crippen LogP contribution in [0.5, 0.6) is 0 Å². The molecule has 1 N–H and O–H groups in total. The number of carboxylic acid groups (broad SMARTS) is 1. The summed E-state index contributed by atoms with van der Waals surface area (Å²) in [5.41, 5.74) is 2.07. The zero-order valence-corrected chi connectivity index (χ0v) is 27.7. The highest BCUT2D eigenvalue weighted by atomic mass is 16.6. The standard InChI is InChI=1S/C36H58N2O4/c1-22-21-25(31(39)40)24-11-15-35(6)26(30(24)23(22)2)9-10-28-34(5)14-13-29(33(3,4)27(34)12-16-36(28,35)7)42-32(41)38-19-17-37(8)18-20-38/h9,22-25,27-30H,10-21H2,1-8H3,(H,39,40)/t22-,23+,24?,25-,27?,28?,29+,30?,34+,35-,36-/m1/s1. The number of nitrogens with zero attached hydrogens (tertiary/aromatic N) is 2. The van der Waals surface area contributed by atoms with E-state index in [0.717, 1.165) is 64.7 Å². The monoisotopic (exact) mass is 582 g/mol. The fourth-order valence-electron chi connectivity index (χ4n) is 12.3. The average Bonchev–Trinajstić information content (AvgIpc) is 2.92. The van der Waals surface area contributed by atoms with Crippen molar-refractivity contribution in [2.45, 2.75) is 106 Å². The highest BCUT2D eigenvalue weighted by Crippen LogP contribution is 2.74. The van der Waals surface area contributed by atoms with Gasteiger partial charge in [-0.2, -0.15) is 0 Å². The summed E-state index contributed by atoms with van der Waals surface area (Å²) >= 11 is 0. The van der Waals surface area contributed by atoms with E-state index in [1.165, 1.54) is 12.8 Å². The predicted octanol–water partition coefficient (Wildman–Crippen LogP) is 7.34. The van der Waals surface area contributed by atoms with Crippen LogP contribution in [-0.4, -0.2) is 66.3 Å². The first-order chi connectivity index (χ1) is 19.6. The van der Waals surface area contributed by atoms with Crippen molar-refractivity contribution >= 4 is 12.1 Å². The lowest BCUT2D eigenvalue weighted by molar-refractivity contribution is -0.203. The lowest BCUT2D eigenvalue weighted by Gasteiger charge is -2.71. The number of ether oxygens (including phenoxy) is 1. The summed E-state index contributed by atoms with van der Waals surface area (Å²) in [7, 11) is 2.11. The molecule has 4 unspecified atom stereocenters. The number of hydrogen-bond donors (Lipinski definition) is 1. The van der Waals surface area contributed by atoms with Gasteiger partial charge in [0.15, 0.2) is 0 Å². The molecule has 1 saturated heterocycles. The van der Waals surface area contributed by atoms with Crippen molar-refractivity contribution in [2.24, 2.45) is 63.1 Å². The number of carbonyl (C=O) groups is 2. The third kappa shape index (κ3) is 4.26. The normalized spacial score (nSPS) is 48.6. The van der Waals surface area contributed by atoms with Gasteiger partial charge in [-0.1, -0.05) is 60.1 Å². The van der Waals surface area contributed by atoms with E-state index in [4.69, 9.17) is 4.74 Å². The summed E-state index contributed by atoms with van der Waals surface area (Å²) in [6, 6.07) is 0. The number of hydrogen-bond acceptors (Lipinski definition) is 4. The van der Waals surface area contributed by atoms with Gasteiger partial charge in [0, 0.05) is 31.6 Å². The molecule has 6 aliphatic rings. The lowest BCUT2D eigenvalue weighted by Crippen LogP contribution is -2.64. The average molecular weight is 583 g/mol. The van der Waals surface area contributed by atoms with Crippen LogP contribution in [0, 0.1) is 63.1 Å². The van der Waals surface area contributed by atoms with Crippen LogP contribution in [-0.2, 0) is 9.53 Å². The molecule has 1 heterocycles. The number of likely N-dealkylation sites (N-methyl/N-ethyl adjacent to an activating group) is 1. The molecule has 4 saturated carbocycles. The van der Waals surface area contributed by atoms with Crippen LogP contribution in [0.2, 0.25) is 0 Å². The van der Waals surface area contributed by atoms with Crippen molar-refractivity contribution in [1.29, 1.82) is 0 Å². The third-order valence-electron chi connectivity index (χ3n) is 15.2. The number of piperazine rings is 1. The van der Waals surface area contributed by atoms with E-state index in [9.17, 15) is 14.7 Å². The zero-order valence-electron chi connectivity index (χ0n) is 27.7. The van der Waals surface area contributed by atoms with Gasteiger partial charge < -0.3 is 19.6 Å². The van der Waals surface area contributed by atoms with Gasteiger partial charge in [-0.15, -0.1) is 0 Å². The van der Waals surface area contributed by atoms with Crippen LogP contribution >= 0.6 is 0 Å². The number of rotatable bonds is 2. The molecular weight excluding hydrogens is 524 g/mol. The minimum absolute atomic E-state index is 0.0367. The first-order valence-electron chi connectivity index (χ1n) is 17.2. The van der Waals surface area contributed by atoms with Gasteiger partial charge in [0.1, 0.15) is 6.10 Å². The van der Waals surface area contributed by atoms with E-state index in [1.807, 2.05) is 4.90 Å². The summed E-state index contributed by atoms with van der Waals surface area (Å²) in [6.45, 7) is 20.6. The van der Waals surface area contributed by atoms with Crippen molar-refractivity contribution in [3.05, 3.63) is 11.6 Å². The van der Waals surface area contributed by atoms with Crippen molar-refractivity contribution < 1.29 is 19.4 Å². The lowest BCUT2D eigenvalue weighted by atomic mass is 9.34. The summed E-state index contributed by atoms with van der Waals surface area (Å²) in [6.07, 6.45) is 11.0. The summed E-state index contributed by atoms with van der Waals surface area (Å²) < 4.78 is 6.36. The molecule has 5 fully saturated rings. The maximum Gasteiger partial charge on any atom is 0.410 e. The van der Waals surface area contributed by atoms with E-state index in [-0.39, 0.29) is 45.7 Å². The molecule has 42 heavy (non-hydrogen) atoms. The molecular formula is C36H58N2O4. The summed E-state index contributed by atoms with van der Waals surface area (Å²) in [4.78, 5) is 29.8. The molecule has 5 aliphatic carbocycles. The van der Waals surface area contributed by atoms with Crippen LogP contribution in [0.15, 0.2) is 11.6 Å². The van der Waals surface area contributed by atoms with E-state index >= 15 is 0 Å². The Morgan fingerprint density at radius 1 is 0.929 bits per heavy atom. The van der Waals surface area contributed by atoms with Crippen molar-refractivity contribution in [1.82, 2.24) is 9.80 Å². The number of carbonyl (C=O) groups excluding carboxylic acids is 1. The topological polar surface area (TPSA) is 70.1 Å². The largest absolute Gasteiger partial charge is 0.481 e. The summed E-state index contributed by atoms with van der Waals surface area (Å²) in [5, 5.41) is 10.2. The molecule has 0 aromatic rings. The fraction of sp³-hybridized carbons (Fsp3) is 0.889. The molecule has 0 aromatic carbocycles. The van der Waals surface area contributed by atoms with E-state index in [2.05, 4.69) is 66.5 Å². The van der Waals surface area contributed by atoms with E-state index in [0.29, 0.717) is 29.6 Å². The minimum atomic E-state index is -0.576. The Morgan fingerprint density at radius 3 is 2.29 bits per heavy atom. The van der Waals surface area contributed by atoms with Gasteiger partial charge in [0.05, 0.1) is 5.92 Å². The Hall–Kier alpha value is -1.56. The van der Waals surface area contributed by atoms with Crippen molar-refractivity contribution in [3.63, 3.8) is 0 Å². The van der Waals surface area contributed by atoms with Gasteiger partial charge >= 0.3 is 12.1 Å². The maximum atomic E-state index is 13.2. The van der Waals surface area contributed by atoms with Crippen LogP contribution in [0.4, 0.5) is 4.79 Å². The first kappa shape index (κ1) is 30.5. The molecule has 236 valence electrons.